The number of nitrogens with one attached hydrogen (secondary N) is 1. The van der Waals surface area contributed by atoms with Gasteiger partial charge in [-0.3, -0.25) is 0 Å². The summed E-state index contributed by atoms with van der Waals surface area (Å²) in [7, 11) is 1.91. The van der Waals surface area contributed by atoms with Gasteiger partial charge >= 0.3 is 0 Å². The van der Waals surface area contributed by atoms with E-state index in [0.717, 1.165) is 23.7 Å². The summed E-state index contributed by atoms with van der Waals surface area (Å²) in [5.41, 5.74) is 1.13. The zero-order valence-electron chi connectivity index (χ0n) is 7.37. The molecule has 0 aliphatic rings. The molecule has 0 saturated heterocycles. The van der Waals surface area contributed by atoms with Crippen LogP contribution in [0.4, 0.5) is 0 Å². The van der Waals surface area contributed by atoms with Crippen LogP contribution in [0.25, 0.3) is 0 Å². The van der Waals surface area contributed by atoms with Gasteiger partial charge in [-0.1, -0.05) is 0 Å². The summed E-state index contributed by atoms with van der Waals surface area (Å²) < 4.78 is 0. The third kappa shape index (κ3) is 2.79. The van der Waals surface area contributed by atoms with Crippen LogP contribution in [0.15, 0.2) is 12.4 Å². The molecule has 1 heterocycles. The summed E-state index contributed by atoms with van der Waals surface area (Å²) >= 11 is 1.73. The average Bonchev–Trinajstić information content (AvgIpc) is 2.09. The third-order valence-corrected chi connectivity index (χ3v) is 1.96. The number of rotatable bonds is 4. The molecule has 0 aliphatic heterocycles. The Morgan fingerprint density at radius 3 is 2.58 bits per heavy atom. The molecule has 1 aromatic rings. The van der Waals surface area contributed by atoms with Gasteiger partial charge in [-0.25, -0.2) is 9.97 Å². The monoisotopic (exact) mass is 183 g/mol. The highest BCUT2D eigenvalue weighted by Gasteiger charge is 1.95. The van der Waals surface area contributed by atoms with Crippen LogP contribution in [0.3, 0.4) is 0 Å². The summed E-state index contributed by atoms with van der Waals surface area (Å²) in [5.74, 6) is 1.79. The van der Waals surface area contributed by atoms with Crippen LogP contribution < -0.4 is 5.32 Å². The van der Waals surface area contributed by atoms with E-state index in [1.807, 2.05) is 25.7 Å². The van der Waals surface area contributed by atoms with E-state index in [2.05, 4.69) is 15.3 Å². The van der Waals surface area contributed by atoms with E-state index in [9.17, 15) is 0 Å². The molecule has 12 heavy (non-hydrogen) atoms. The van der Waals surface area contributed by atoms with Crippen LogP contribution in [0.1, 0.15) is 11.4 Å². The van der Waals surface area contributed by atoms with E-state index in [4.69, 9.17) is 0 Å². The number of nitrogens with zero attached hydrogens (tertiary/aromatic N) is 2. The minimum absolute atomic E-state index is 0.833. The van der Waals surface area contributed by atoms with Crippen molar-refractivity contribution >= 4 is 11.8 Å². The molecule has 3 nitrogen and oxygen atoms in total. The summed E-state index contributed by atoms with van der Waals surface area (Å²) in [6.07, 6.45) is 5.79. The van der Waals surface area contributed by atoms with Gasteiger partial charge in [-0.2, -0.15) is 11.8 Å². The van der Waals surface area contributed by atoms with Gasteiger partial charge in [0.2, 0.25) is 0 Å². The van der Waals surface area contributed by atoms with Crippen LogP contribution in [0.2, 0.25) is 0 Å². The molecule has 0 radical (unpaired) electrons. The summed E-state index contributed by atoms with van der Waals surface area (Å²) in [4.78, 5) is 8.43. The number of hydrogen-bond acceptors (Lipinski definition) is 4. The maximum atomic E-state index is 4.22. The fourth-order valence-electron chi connectivity index (χ4n) is 0.881. The lowest BCUT2D eigenvalue weighted by molar-refractivity contribution is 0.801. The topological polar surface area (TPSA) is 37.8 Å². The van der Waals surface area contributed by atoms with Crippen LogP contribution in [0, 0.1) is 0 Å². The zero-order valence-corrected chi connectivity index (χ0v) is 8.19. The lowest BCUT2D eigenvalue weighted by atomic mass is 10.3. The van der Waals surface area contributed by atoms with Crippen LogP contribution in [-0.2, 0) is 12.3 Å². The van der Waals surface area contributed by atoms with Gasteiger partial charge in [-0.15, -0.1) is 0 Å². The molecule has 0 fully saturated rings. The average molecular weight is 183 g/mol. The first-order valence-electron chi connectivity index (χ1n) is 3.80. The van der Waals surface area contributed by atoms with Crippen molar-refractivity contribution in [3.63, 3.8) is 0 Å². The molecule has 0 spiro atoms. The van der Waals surface area contributed by atoms with Crippen molar-refractivity contribution < 1.29 is 0 Å². The van der Waals surface area contributed by atoms with Gasteiger partial charge in [0.15, 0.2) is 0 Å². The fourth-order valence-corrected chi connectivity index (χ4v) is 1.29. The lowest BCUT2D eigenvalue weighted by Gasteiger charge is -1.99. The standard InChI is InChI=1S/C8H13N3S/c1-9-3-7-4-10-8(6-12-2)11-5-7/h4-5,9H,3,6H2,1-2H3. The molecule has 1 aromatic heterocycles. The van der Waals surface area contributed by atoms with Crippen molar-refractivity contribution in [1.29, 1.82) is 0 Å². The Morgan fingerprint density at radius 2 is 2.08 bits per heavy atom. The second-order valence-electron chi connectivity index (χ2n) is 2.47. The molecular weight excluding hydrogens is 170 g/mol. The van der Waals surface area contributed by atoms with Gasteiger partial charge in [0.1, 0.15) is 5.82 Å². The smallest absolute Gasteiger partial charge is 0.138 e. The molecule has 4 heteroatoms. The van der Waals surface area contributed by atoms with Crippen LogP contribution in [0.5, 0.6) is 0 Å². The molecule has 0 aromatic carbocycles. The molecule has 66 valence electrons. The molecule has 1 rings (SSSR count). The first-order valence-corrected chi connectivity index (χ1v) is 5.19. The molecule has 0 amide bonds. The zero-order chi connectivity index (χ0) is 8.81. The molecule has 0 aliphatic carbocycles. The molecule has 1 N–H and O–H groups in total. The van der Waals surface area contributed by atoms with Gasteiger partial charge in [-0.05, 0) is 13.3 Å². The normalized spacial score (nSPS) is 10.2. The Kier molecular flexibility index (Phi) is 4.04. The first-order chi connectivity index (χ1) is 5.86. The van der Waals surface area contributed by atoms with E-state index < -0.39 is 0 Å². The van der Waals surface area contributed by atoms with Crippen molar-refractivity contribution in [2.24, 2.45) is 0 Å². The highest BCUT2D eigenvalue weighted by Crippen LogP contribution is 2.03. The minimum atomic E-state index is 0.833. The van der Waals surface area contributed by atoms with Crippen LogP contribution in [-0.4, -0.2) is 23.3 Å². The third-order valence-electron chi connectivity index (χ3n) is 1.41. The molecular formula is C8H13N3S. The highest BCUT2D eigenvalue weighted by atomic mass is 32.2. The Morgan fingerprint density at radius 1 is 1.42 bits per heavy atom. The van der Waals surface area contributed by atoms with Crippen molar-refractivity contribution in [1.82, 2.24) is 15.3 Å². The van der Waals surface area contributed by atoms with Crippen molar-refractivity contribution in [2.75, 3.05) is 13.3 Å². The maximum absolute atomic E-state index is 4.22. The van der Waals surface area contributed by atoms with Gasteiger partial charge in [0, 0.05) is 24.5 Å². The molecule has 0 atom stereocenters. The fraction of sp³-hybridized carbons (Fsp3) is 0.500. The lowest BCUT2D eigenvalue weighted by Crippen LogP contribution is -2.06. The highest BCUT2D eigenvalue weighted by molar-refractivity contribution is 7.97. The van der Waals surface area contributed by atoms with Crippen LogP contribution >= 0.6 is 11.8 Å². The second-order valence-corrected chi connectivity index (χ2v) is 3.34. The Hall–Kier alpha value is -0.610. The molecule has 0 unspecified atom stereocenters. The van der Waals surface area contributed by atoms with E-state index in [0.29, 0.717) is 0 Å². The predicted octanol–water partition coefficient (Wildman–Crippen LogP) is 1.06. The number of thioether (sulfide) groups is 1. The quantitative estimate of drug-likeness (QED) is 0.757. The number of aromatic nitrogens is 2. The second kappa shape index (κ2) is 5.11. The van der Waals surface area contributed by atoms with Crippen molar-refractivity contribution in [2.45, 2.75) is 12.3 Å². The molecule has 0 saturated carbocycles. The predicted molar refractivity (Wildman–Crippen MR) is 52.0 cm³/mol. The van der Waals surface area contributed by atoms with Crippen molar-refractivity contribution in [3.8, 4) is 0 Å². The number of hydrogen-bond donors (Lipinski definition) is 1. The van der Waals surface area contributed by atoms with E-state index in [1.165, 1.54) is 0 Å². The summed E-state index contributed by atoms with van der Waals surface area (Å²) in [6, 6.07) is 0. The summed E-state index contributed by atoms with van der Waals surface area (Å²) in [6.45, 7) is 0.833. The SMILES string of the molecule is CNCc1cnc(CSC)nc1. The molecule has 0 bridgehead atoms. The van der Waals surface area contributed by atoms with Gasteiger partial charge in [0.25, 0.3) is 0 Å². The minimum Gasteiger partial charge on any atom is -0.316 e. The Bertz CT molecular complexity index is 197. The first kappa shape index (κ1) is 9.48. The van der Waals surface area contributed by atoms with E-state index in [-0.39, 0.29) is 0 Å². The van der Waals surface area contributed by atoms with E-state index in [1.54, 1.807) is 11.8 Å². The summed E-state index contributed by atoms with van der Waals surface area (Å²) in [5, 5.41) is 3.05. The Labute approximate surface area is 77.0 Å². The Balaban J connectivity index is 2.58. The van der Waals surface area contributed by atoms with Gasteiger partial charge in [0.05, 0.1) is 5.75 Å². The van der Waals surface area contributed by atoms with E-state index >= 15 is 0 Å². The van der Waals surface area contributed by atoms with Crippen molar-refractivity contribution in [3.05, 3.63) is 23.8 Å². The van der Waals surface area contributed by atoms with Gasteiger partial charge < -0.3 is 5.32 Å². The maximum Gasteiger partial charge on any atom is 0.138 e. The largest absolute Gasteiger partial charge is 0.316 e.